The molecule has 0 aliphatic heterocycles. The van der Waals surface area contributed by atoms with Gasteiger partial charge >= 0.3 is 6.16 Å². The molecule has 0 unspecified atom stereocenters. The Morgan fingerprint density at radius 2 is 1.74 bits per heavy atom. The van der Waals surface area contributed by atoms with Crippen LogP contribution in [-0.4, -0.2) is 38.0 Å². The van der Waals surface area contributed by atoms with Crippen LogP contribution in [0.5, 0.6) is 5.75 Å². The van der Waals surface area contributed by atoms with Gasteiger partial charge in [0.05, 0.1) is 13.2 Å². The van der Waals surface area contributed by atoms with Crippen LogP contribution in [0.1, 0.15) is 11.7 Å². The van der Waals surface area contributed by atoms with E-state index in [0.717, 1.165) is 22.4 Å². The lowest BCUT2D eigenvalue weighted by molar-refractivity contribution is 0.121. The van der Waals surface area contributed by atoms with Gasteiger partial charge < -0.3 is 25.2 Å². The third-order valence-electron chi connectivity index (χ3n) is 4.60. The van der Waals surface area contributed by atoms with Crippen LogP contribution in [0.15, 0.2) is 72.8 Å². The van der Waals surface area contributed by atoms with Gasteiger partial charge in [-0.1, -0.05) is 48.0 Å². The van der Waals surface area contributed by atoms with Crippen LogP contribution in [0.4, 0.5) is 10.5 Å². The van der Waals surface area contributed by atoms with Gasteiger partial charge in [-0.05, 0) is 53.1 Å². The lowest BCUT2D eigenvalue weighted by Crippen LogP contribution is -2.26. The topological polar surface area (TPSA) is 79.8 Å². The molecule has 0 amide bonds. The smallest absolute Gasteiger partial charge is 0.437 e. The Bertz CT molecular complexity index is 1010. The van der Waals surface area contributed by atoms with Crippen molar-refractivity contribution in [1.82, 2.24) is 5.32 Å². The second-order valence-electron chi connectivity index (χ2n) is 6.87. The Labute approximate surface area is 186 Å². The van der Waals surface area contributed by atoms with E-state index in [2.05, 4.69) is 15.4 Å². The molecule has 162 valence electrons. The average molecular weight is 441 g/mol. The summed E-state index contributed by atoms with van der Waals surface area (Å²) in [5.41, 5.74) is 3.67. The van der Waals surface area contributed by atoms with Gasteiger partial charge in [-0.15, -0.1) is 0 Å². The SMILES string of the molecule is COC(=O)Oc1cccc(-c2cccc(NCCNC[C@H](O)c3cccc(Cl)c3)c2)c1. The van der Waals surface area contributed by atoms with Crippen molar-refractivity contribution < 1.29 is 19.4 Å². The third-order valence-corrected chi connectivity index (χ3v) is 4.83. The van der Waals surface area contributed by atoms with Crippen LogP contribution in [0.2, 0.25) is 5.02 Å². The van der Waals surface area contributed by atoms with E-state index in [1.165, 1.54) is 7.11 Å². The van der Waals surface area contributed by atoms with E-state index in [4.69, 9.17) is 16.3 Å². The minimum absolute atomic E-state index is 0.421. The number of ether oxygens (including phenoxy) is 2. The molecule has 0 aliphatic rings. The minimum Gasteiger partial charge on any atom is -0.437 e. The van der Waals surface area contributed by atoms with E-state index in [9.17, 15) is 9.90 Å². The maximum absolute atomic E-state index is 11.3. The van der Waals surface area contributed by atoms with Gasteiger partial charge in [-0.2, -0.15) is 0 Å². The van der Waals surface area contributed by atoms with Crippen LogP contribution >= 0.6 is 11.6 Å². The van der Waals surface area contributed by atoms with E-state index in [1.807, 2.05) is 48.5 Å². The van der Waals surface area contributed by atoms with Gasteiger partial charge in [-0.25, -0.2) is 4.79 Å². The number of carbonyl (C=O) groups excluding carboxylic acids is 1. The molecule has 1 atom stereocenters. The molecule has 3 rings (SSSR count). The molecule has 0 aromatic heterocycles. The average Bonchev–Trinajstić information content (AvgIpc) is 2.79. The van der Waals surface area contributed by atoms with Crippen molar-refractivity contribution >= 4 is 23.4 Å². The fourth-order valence-electron chi connectivity index (χ4n) is 3.05. The Balaban J connectivity index is 1.50. The highest BCUT2D eigenvalue weighted by Gasteiger charge is 2.08. The van der Waals surface area contributed by atoms with Crippen LogP contribution in [0.25, 0.3) is 11.1 Å². The Hall–Kier alpha value is -3.06. The standard InChI is InChI=1S/C24H25ClN2O4/c1-30-24(29)31-22-10-4-6-18(15-22)17-5-3-9-21(14-17)27-12-11-26-16-23(28)19-7-2-8-20(25)13-19/h2-10,13-15,23,26-28H,11-12,16H2,1H3/t23-/m0/s1. The zero-order valence-electron chi connectivity index (χ0n) is 17.2. The lowest BCUT2D eigenvalue weighted by Gasteiger charge is -2.13. The first-order valence-electron chi connectivity index (χ1n) is 9.89. The number of benzene rings is 3. The molecule has 0 saturated heterocycles. The molecule has 0 spiro atoms. The highest BCUT2D eigenvalue weighted by atomic mass is 35.5. The number of rotatable bonds is 9. The molecule has 31 heavy (non-hydrogen) atoms. The zero-order chi connectivity index (χ0) is 22.1. The molecule has 7 heteroatoms. The molecule has 0 fully saturated rings. The Kier molecular flexibility index (Phi) is 8.29. The molecule has 6 nitrogen and oxygen atoms in total. The normalized spacial score (nSPS) is 11.6. The fourth-order valence-corrected chi connectivity index (χ4v) is 3.25. The van der Waals surface area contributed by atoms with E-state index in [1.54, 1.807) is 24.3 Å². The number of hydrogen-bond acceptors (Lipinski definition) is 6. The monoisotopic (exact) mass is 440 g/mol. The number of carbonyl (C=O) groups is 1. The second kappa shape index (κ2) is 11.4. The number of anilines is 1. The Morgan fingerprint density at radius 3 is 2.52 bits per heavy atom. The van der Waals surface area contributed by atoms with Crippen molar-refractivity contribution in [1.29, 1.82) is 0 Å². The summed E-state index contributed by atoms with van der Waals surface area (Å²) >= 11 is 5.97. The lowest BCUT2D eigenvalue weighted by atomic mass is 10.0. The number of aliphatic hydroxyl groups excluding tert-OH is 1. The van der Waals surface area contributed by atoms with Crippen molar-refractivity contribution in [3.63, 3.8) is 0 Å². The van der Waals surface area contributed by atoms with E-state index in [-0.39, 0.29) is 0 Å². The first-order chi connectivity index (χ1) is 15.0. The maximum atomic E-state index is 11.3. The molecule has 3 N–H and O–H groups in total. The van der Waals surface area contributed by atoms with Crippen molar-refractivity contribution in [2.45, 2.75) is 6.10 Å². The molecule has 0 aliphatic carbocycles. The molecular formula is C24H25ClN2O4. The minimum atomic E-state index is -0.749. The van der Waals surface area contributed by atoms with Gasteiger partial charge in [0, 0.05) is 30.3 Å². The third kappa shape index (κ3) is 7.00. The van der Waals surface area contributed by atoms with Crippen molar-refractivity contribution in [3.05, 3.63) is 83.4 Å². The van der Waals surface area contributed by atoms with E-state index in [0.29, 0.717) is 30.4 Å². The van der Waals surface area contributed by atoms with Gasteiger partial charge in [0.1, 0.15) is 5.75 Å². The summed E-state index contributed by atoms with van der Waals surface area (Å²) in [4.78, 5) is 11.3. The van der Waals surface area contributed by atoms with E-state index >= 15 is 0 Å². The second-order valence-corrected chi connectivity index (χ2v) is 7.30. The summed E-state index contributed by atoms with van der Waals surface area (Å²) in [6, 6.07) is 22.4. The molecule has 0 heterocycles. The predicted molar refractivity (Wildman–Crippen MR) is 123 cm³/mol. The van der Waals surface area contributed by atoms with Crippen LogP contribution in [0, 0.1) is 0 Å². The summed E-state index contributed by atoms with van der Waals surface area (Å²) in [6.45, 7) is 1.82. The summed E-state index contributed by atoms with van der Waals surface area (Å²) < 4.78 is 9.62. The number of halogens is 1. The van der Waals surface area contributed by atoms with E-state index < -0.39 is 12.3 Å². The summed E-state index contributed by atoms with van der Waals surface area (Å²) in [5.74, 6) is 0.421. The summed E-state index contributed by atoms with van der Waals surface area (Å²) in [7, 11) is 1.27. The molecule has 3 aromatic carbocycles. The van der Waals surface area contributed by atoms with Gasteiger partial charge in [0.15, 0.2) is 0 Å². The van der Waals surface area contributed by atoms with Gasteiger partial charge in [-0.3, -0.25) is 0 Å². The summed E-state index contributed by atoms with van der Waals surface area (Å²) in [5, 5.41) is 17.4. The molecule has 3 aromatic rings. The molecular weight excluding hydrogens is 416 g/mol. The van der Waals surface area contributed by atoms with Crippen LogP contribution in [0.3, 0.4) is 0 Å². The quantitative estimate of drug-likeness (QED) is 0.250. The first kappa shape index (κ1) is 22.6. The number of methoxy groups -OCH3 is 1. The maximum Gasteiger partial charge on any atom is 0.513 e. The molecule has 0 bridgehead atoms. The number of aliphatic hydroxyl groups is 1. The van der Waals surface area contributed by atoms with Crippen LogP contribution in [-0.2, 0) is 4.74 Å². The zero-order valence-corrected chi connectivity index (χ0v) is 17.9. The fraction of sp³-hybridized carbons (Fsp3) is 0.208. The van der Waals surface area contributed by atoms with Crippen molar-refractivity contribution in [3.8, 4) is 16.9 Å². The van der Waals surface area contributed by atoms with Crippen molar-refractivity contribution in [2.24, 2.45) is 0 Å². The summed E-state index contributed by atoms with van der Waals surface area (Å²) in [6.07, 6.45) is -1.36. The van der Waals surface area contributed by atoms with Gasteiger partial charge in [0.25, 0.3) is 0 Å². The predicted octanol–water partition coefficient (Wildman–Crippen LogP) is 4.89. The molecule has 0 radical (unpaired) electrons. The highest BCUT2D eigenvalue weighted by Crippen LogP contribution is 2.26. The van der Waals surface area contributed by atoms with Gasteiger partial charge in [0.2, 0.25) is 0 Å². The Morgan fingerprint density at radius 1 is 1.00 bits per heavy atom. The first-order valence-corrected chi connectivity index (χ1v) is 10.3. The largest absolute Gasteiger partial charge is 0.513 e. The number of nitrogens with one attached hydrogen (secondary N) is 2. The molecule has 0 saturated carbocycles. The van der Waals surface area contributed by atoms with Crippen molar-refractivity contribution in [2.75, 3.05) is 32.1 Å². The van der Waals surface area contributed by atoms with Crippen LogP contribution < -0.4 is 15.4 Å². The number of hydrogen-bond donors (Lipinski definition) is 3. The highest BCUT2D eigenvalue weighted by molar-refractivity contribution is 6.30.